The van der Waals surface area contributed by atoms with E-state index in [1.165, 1.54) is 0 Å². The summed E-state index contributed by atoms with van der Waals surface area (Å²) >= 11 is 5.83. The average molecular weight is 214 g/mol. The normalized spacial score (nSPS) is 10.2. The lowest BCUT2D eigenvalue weighted by atomic mass is 10.2. The molecule has 1 aromatic carbocycles. The lowest BCUT2D eigenvalue weighted by molar-refractivity contribution is 0.306. The Hall–Kier alpha value is -0.730. The average Bonchev–Trinajstić information content (AvgIpc) is 2.15. The third kappa shape index (κ3) is 3.56. The maximum atomic E-state index is 5.83. The Morgan fingerprint density at radius 3 is 2.79 bits per heavy atom. The van der Waals surface area contributed by atoms with Crippen LogP contribution in [0.25, 0.3) is 0 Å². The fourth-order valence-electron chi connectivity index (χ4n) is 1.20. The highest BCUT2D eigenvalue weighted by atomic mass is 35.5. The molecule has 3 heteroatoms. The van der Waals surface area contributed by atoms with E-state index in [4.69, 9.17) is 22.1 Å². The summed E-state index contributed by atoms with van der Waals surface area (Å²) in [6.07, 6.45) is 2.01. The molecule has 2 nitrogen and oxygen atoms in total. The molecule has 1 aromatic rings. The van der Waals surface area contributed by atoms with Crippen LogP contribution in [-0.4, -0.2) is 13.2 Å². The first kappa shape index (κ1) is 11.3. The van der Waals surface area contributed by atoms with Gasteiger partial charge in [0.2, 0.25) is 0 Å². The first-order valence-electron chi connectivity index (χ1n) is 4.83. The van der Waals surface area contributed by atoms with Crippen molar-refractivity contribution in [3.8, 4) is 5.75 Å². The van der Waals surface area contributed by atoms with Gasteiger partial charge in [-0.15, -0.1) is 0 Å². The highest BCUT2D eigenvalue weighted by Crippen LogP contribution is 2.21. The van der Waals surface area contributed by atoms with Crippen molar-refractivity contribution in [2.24, 2.45) is 5.73 Å². The van der Waals surface area contributed by atoms with Gasteiger partial charge in [-0.25, -0.2) is 0 Å². The van der Waals surface area contributed by atoms with E-state index in [9.17, 15) is 0 Å². The molecule has 0 amide bonds. The maximum absolute atomic E-state index is 5.83. The molecular weight excluding hydrogens is 198 g/mol. The van der Waals surface area contributed by atoms with E-state index in [1.807, 2.05) is 25.1 Å². The first-order chi connectivity index (χ1) is 6.74. The summed E-state index contributed by atoms with van der Waals surface area (Å²) in [5, 5.41) is 0.747. The van der Waals surface area contributed by atoms with Gasteiger partial charge in [0, 0.05) is 5.02 Å². The van der Waals surface area contributed by atoms with Crippen LogP contribution in [0.2, 0.25) is 5.02 Å². The quantitative estimate of drug-likeness (QED) is 0.764. The monoisotopic (exact) mass is 213 g/mol. The van der Waals surface area contributed by atoms with E-state index in [1.54, 1.807) is 0 Å². The third-order valence-electron chi connectivity index (χ3n) is 1.99. The van der Waals surface area contributed by atoms with Crippen molar-refractivity contribution in [2.45, 2.75) is 19.8 Å². The molecule has 0 heterocycles. The van der Waals surface area contributed by atoms with Crippen molar-refractivity contribution < 1.29 is 4.74 Å². The third-order valence-corrected chi connectivity index (χ3v) is 2.23. The molecule has 78 valence electrons. The van der Waals surface area contributed by atoms with Crippen molar-refractivity contribution >= 4 is 11.6 Å². The number of rotatable bonds is 5. The molecule has 0 aliphatic carbocycles. The van der Waals surface area contributed by atoms with Crippen LogP contribution in [0.1, 0.15) is 18.4 Å². The highest BCUT2D eigenvalue weighted by Gasteiger charge is 1.99. The smallest absolute Gasteiger partial charge is 0.122 e. The summed E-state index contributed by atoms with van der Waals surface area (Å²) in [7, 11) is 0. The van der Waals surface area contributed by atoms with Gasteiger partial charge < -0.3 is 10.5 Å². The fourth-order valence-corrected chi connectivity index (χ4v) is 1.43. The van der Waals surface area contributed by atoms with Crippen LogP contribution in [0.4, 0.5) is 0 Å². The Morgan fingerprint density at radius 2 is 2.14 bits per heavy atom. The number of halogens is 1. The van der Waals surface area contributed by atoms with Gasteiger partial charge in [0.25, 0.3) is 0 Å². The summed E-state index contributed by atoms with van der Waals surface area (Å²) in [6, 6.07) is 5.65. The van der Waals surface area contributed by atoms with Crippen molar-refractivity contribution in [3.05, 3.63) is 28.8 Å². The molecule has 0 saturated carbocycles. The molecule has 0 bridgehead atoms. The van der Waals surface area contributed by atoms with Gasteiger partial charge in [-0.2, -0.15) is 0 Å². The Labute approximate surface area is 90.0 Å². The lowest BCUT2D eigenvalue weighted by Gasteiger charge is -2.08. The molecule has 0 saturated heterocycles. The second-order valence-corrected chi connectivity index (χ2v) is 3.69. The minimum Gasteiger partial charge on any atom is -0.493 e. The van der Waals surface area contributed by atoms with Gasteiger partial charge in [-0.05, 0) is 50.1 Å². The van der Waals surface area contributed by atoms with Crippen molar-refractivity contribution in [3.63, 3.8) is 0 Å². The summed E-state index contributed by atoms with van der Waals surface area (Å²) in [5.41, 5.74) is 6.46. The largest absolute Gasteiger partial charge is 0.493 e. The molecular formula is C11H16ClNO. The van der Waals surface area contributed by atoms with Crippen LogP contribution in [0.15, 0.2) is 18.2 Å². The zero-order chi connectivity index (χ0) is 10.4. The van der Waals surface area contributed by atoms with Crippen molar-refractivity contribution in [1.82, 2.24) is 0 Å². The number of nitrogens with two attached hydrogens (primary N) is 1. The molecule has 0 aliphatic rings. The Balaban J connectivity index is 2.42. The summed E-state index contributed by atoms with van der Waals surface area (Å²) in [5.74, 6) is 0.909. The van der Waals surface area contributed by atoms with Gasteiger partial charge >= 0.3 is 0 Å². The van der Waals surface area contributed by atoms with Crippen LogP contribution in [0.3, 0.4) is 0 Å². The zero-order valence-corrected chi connectivity index (χ0v) is 9.18. The molecule has 0 spiro atoms. The van der Waals surface area contributed by atoms with E-state index in [2.05, 4.69) is 0 Å². The van der Waals surface area contributed by atoms with Gasteiger partial charge in [0.15, 0.2) is 0 Å². The lowest BCUT2D eigenvalue weighted by Crippen LogP contribution is -2.03. The summed E-state index contributed by atoms with van der Waals surface area (Å²) < 4.78 is 5.58. The molecule has 0 unspecified atom stereocenters. The van der Waals surface area contributed by atoms with E-state index in [0.717, 1.165) is 42.3 Å². The van der Waals surface area contributed by atoms with Gasteiger partial charge in [-0.1, -0.05) is 11.6 Å². The number of ether oxygens (including phenoxy) is 1. The molecule has 14 heavy (non-hydrogen) atoms. The molecule has 2 N–H and O–H groups in total. The summed E-state index contributed by atoms with van der Waals surface area (Å²) in [4.78, 5) is 0. The minimum atomic E-state index is 0.722. The molecule has 0 atom stereocenters. The van der Waals surface area contributed by atoms with Crippen LogP contribution < -0.4 is 10.5 Å². The van der Waals surface area contributed by atoms with Crippen molar-refractivity contribution in [1.29, 1.82) is 0 Å². The molecule has 0 aromatic heterocycles. The number of hydrogen-bond acceptors (Lipinski definition) is 2. The Bertz CT molecular complexity index is 289. The molecule has 1 rings (SSSR count). The number of hydrogen-bond donors (Lipinski definition) is 1. The minimum absolute atomic E-state index is 0.722. The van der Waals surface area contributed by atoms with Gasteiger partial charge in [0.05, 0.1) is 6.61 Å². The molecule has 0 aliphatic heterocycles. The highest BCUT2D eigenvalue weighted by molar-refractivity contribution is 6.30. The fraction of sp³-hybridized carbons (Fsp3) is 0.455. The second kappa shape index (κ2) is 5.89. The van der Waals surface area contributed by atoms with E-state index < -0.39 is 0 Å². The Kier molecular flexibility index (Phi) is 4.77. The molecule has 0 fully saturated rings. The topological polar surface area (TPSA) is 35.2 Å². The predicted molar refractivity (Wildman–Crippen MR) is 60.0 cm³/mol. The first-order valence-corrected chi connectivity index (χ1v) is 5.21. The standard InChI is InChI=1S/C11H16ClNO/c1-9-8-10(12)4-5-11(9)14-7-3-2-6-13/h4-5,8H,2-3,6-7,13H2,1H3. The van der Waals surface area contributed by atoms with Gasteiger partial charge in [-0.3, -0.25) is 0 Å². The Morgan fingerprint density at radius 1 is 1.36 bits per heavy atom. The van der Waals surface area contributed by atoms with E-state index in [-0.39, 0.29) is 0 Å². The van der Waals surface area contributed by atoms with Crippen LogP contribution >= 0.6 is 11.6 Å². The molecule has 0 radical (unpaired) electrons. The van der Waals surface area contributed by atoms with Crippen molar-refractivity contribution in [2.75, 3.05) is 13.2 Å². The second-order valence-electron chi connectivity index (χ2n) is 3.25. The maximum Gasteiger partial charge on any atom is 0.122 e. The SMILES string of the molecule is Cc1cc(Cl)ccc1OCCCCN. The van der Waals surface area contributed by atoms with Crippen LogP contribution in [-0.2, 0) is 0 Å². The zero-order valence-electron chi connectivity index (χ0n) is 8.42. The number of aryl methyl sites for hydroxylation is 1. The summed E-state index contributed by atoms with van der Waals surface area (Å²) in [6.45, 7) is 3.44. The van der Waals surface area contributed by atoms with E-state index in [0.29, 0.717) is 0 Å². The van der Waals surface area contributed by atoms with E-state index >= 15 is 0 Å². The number of benzene rings is 1. The van der Waals surface area contributed by atoms with Gasteiger partial charge in [0.1, 0.15) is 5.75 Å². The van der Waals surface area contributed by atoms with Crippen LogP contribution in [0.5, 0.6) is 5.75 Å². The predicted octanol–water partition coefficient (Wildman–Crippen LogP) is 2.77. The number of unbranched alkanes of at least 4 members (excludes halogenated alkanes) is 1. The van der Waals surface area contributed by atoms with Crippen LogP contribution in [0, 0.1) is 6.92 Å².